The molecule has 0 aliphatic rings. The highest BCUT2D eigenvalue weighted by Crippen LogP contribution is 2.15. The SMILES string of the molecule is CN(C(=O)c1ccn[nH]1)c1ccc(C(=O)O)cc1. The van der Waals surface area contributed by atoms with E-state index in [0.717, 1.165) is 0 Å². The van der Waals surface area contributed by atoms with Gasteiger partial charge in [-0.15, -0.1) is 0 Å². The zero-order chi connectivity index (χ0) is 13.1. The number of carboxylic acids is 1. The highest BCUT2D eigenvalue weighted by molar-refractivity contribution is 6.04. The number of aromatic carboxylic acids is 1. The normalized spacial score (nSPS) is 10.1. The molecule has 0 aliphatic heterocycles. The lowest BCUT2D eigenvalue weighted by atomic mass is 10.2. The van der Waals surface area contributed by atoms with Crippen LogP contribution in [0, 0.1) is 0 Å². The first kappa shape index (κ1) is 11.8. The van der Waals surface area contributed by atoms with Crippen LogP contribution < -0.4 is 4.90 Å². The summed E-state index contributed by atoms with van der Waals surface area (Å²) in [5.41, 5.74) is 1.17. The molecule has 6 heteroatoms. The molecule has 2 rings (SSSR count). The van der Waals surface area contributed by atoms with E-state index in [1.807, 2.05) is 0 Å². The van der Waals surface area contributed by atoms with Crippen LogP contribution in [0.2, 0.25) is 0 Å². The number of nitrogens with one attached hydrogen (secondary N) is 1. The van der Waals surface area contributed by atoms with E-state index in [-0.39, 0.29) is 11.5 Å². The van der Waals surface area contributed by atoms with E-state index < -0.39 is 5.97 Å². The average Bonchev–Trinajstić information content (AvgIpc) is 2.91. The standard InChI is InChI=1S/C12H11N3O3/c1-15(11(16)10-6-7-13-14-10)9-4-2-8(3-5-9)12(17)18/h2-7H,1H3,(H,13,14)(H,17,18). The van der Waals surface area contributed by atoms with Gasteiger partial charge in [0.2, 0.25) is 0 Å². The second-order valence-electron chi connectivity index (χ2n) is 3.69. The number of rotatable bonds is 3. The predicted molar refractivity (Wildman–Crippen MR) is 64.7 cm³/mol. The van der Waals surface area contributed by atoms with Gasteiger partial charge in [-0.25, -0.2) is 4.79 Å². The monoisotopic (exact) mass is 245 g/mol. The number of aromatic nitrogens is 2. The molecule has 6 nitrogen and oxygen atoms in total. The molecule has 1 heterocycles. The summed E-state index contributed by atoms with van der Waals surface area (Å²) in [6.45, 7) is 0. The summed E-state index contributed by atoms with van der Waals surface area (Å²) in [5.74, 6) is -1.24. The Morgan fingerprint density at radius 3 is 2.39 bits per heavy atom. The molecular weight excluding hydrogens is 234 g/mol. The first-order valence-electron chi connectivity index (χ1n) is 5.20. The molecule has 1 amide bonds. The number of H-pyrrole nitrogens is 1. The topological polar surface area (TPSA) is 86.3 Å². The van der Waals surface area contributed by atoms with Crippen molar-refractivity contribution in [3.8, 4) is 0 Å². The molecule has 92 valence electrons. The van der Waals surface area contributed by atoms with E-state index in [0.29, 0.717) is 11.4 Å². The van der Waals surface area contributed by atoms with Gasteiger partial charge in [0.15, 0.2) is 0 Å². The molecular formula is C12H11N3O3. The van der Waals surface area contributed by atoms with Gasteiger partial charge in [0.1, 0.15) is 5.69 Å². The summed E-state index contributed by atoms with van der Waals surface area (Å²) in [6, 6.07) is 7.64. The highest BCUT2D eigenvalue weighted by atomic mass is 16.4. The Bertz CT molecular complexity index is 561. The quantitative estimate of drug-likeness (QED) is 0.855. The van der Waals surface area contributed by atoms with Gasteiger partial charge in [0.25, 0.3) is 5.91 Å². The number of aromatic amines is 1. The Balaban J connectivity index is 2.21. The van der Waals surface area contributed by atoms with Crippen molar-refractivity contribution in [3.05, 3.63) is 47.8 Å². The van der Waals surface area contributed by atoms with Crippen LogP contribution in [0.25, 0.3) is 0 Å². The van der Waals surface area contributed by atoms with E-state index >= 15 is 0 Å². The lowest BCUT2D eigenvalue weighted by Gasteiger charge is -2.16. The maximum Gasteiger partial charge on any atom is 0.335 e. The van der Waals surface area contributed by atoms with E-state index in [1.54, 1.807) is 25.2 Å². The number of anilines is 1. The molecule has 0 unspecified atom stereocenters. The Labute approximate surface area is 103 Å². The van der Waals surface area contributed by atoms with Crippen molar-refractivity contribution in [1.29, 1.82) is 0 Å². The summed E-state index contributed by atoms with van der Waals surface area (Å²) >= 11 is 0. The largest absolute Gasteiger partial charge is 0.478 e. The second kappa shape index (κ2) is 4.70. The van der Waals surface area contributed by atoms with Crippen molar-refractivity contribution in [2.45, 2.75) is 0 Å². The maximum atomic E-state index is 12.0. The third-order valence-electron chi connectivity index (χ3n) is 2.54. The number of benzene rings is 1. The Morgan fingerprint density at radius 1 is 1.22 bits per heavy atom. The fourth-order valence-electron chi connectivity index (χ4n) is 1.50. The smallest absolute Gasteiger partial charge is 0.335 e. The summed E-state index contributed by atoms with van der Waals surface area (Å²) in [6.07, 6.45) is 1.49. The molecule has 0 fully saturated rings. The summed E-state index contributed by atoms with van der Waals surface area (Å²) < 4.78 is 0. The summed E-state index contributed by atoms with van der Waals surface area (Å²) in [7, 11) is 1.61. The third-order valence-corrected chi connectivity index (χ3v) is 2.54. The molecule has 0 saturated carbocycles. The number of nitrogens with zero attached hydrogens (tertiary/aromatic N) is 2. The first-order valence-corrected chi connectivity index (χ1v) is 5.20. The fraction of sp³-hybridized carbons (Fsp3) is 0.0833. The van der Waals surface area contributed by atoms with Gasteiger partial charge in [0.05, 0.1) is 5.56 Å². The van der Waals surface area contributed by atoms with Crippen molar-refractivity contribution in [2.24, 2.45) is 0 Å². The van der Waals surface area contributed by atoms with Crippen LogP contribution in [-0.2, 0) is 0 Å². The van der Waals surface area contributed by atoms with Crippen LogP contribution in [0.5, 0.6) is 0 Å². The van der Waals surface area contributed by atoms with E-state index in [9.17, 15) is 9.59 Å². The molecule has 0 aliphatic carbocycles. The summed E-state index contributed by atoms with van der Waals surface area (Å²) in [4.78, 5) is 24.1. The lowest BCUT2D eigenvalue weighted by Crippen LogP contribution is -2.26. The molecule has 0 radical (unpaired) electrons. The van der Waals surface area contributed by atoms with Gasteiger partial charge in [-0.05, 0) is 30.3 Å². The minimum atomic E-state index is -0.996. The van der Waals surface area contributed by atoms with Crippen molar-refractivity contribution < 1.29 is 14.7 Å². The first-order chi connectivity index (χ1) is 8.59. The number of hydrogen-bond donors (Lipinski definition) is 2. The molecule has 0 saturated heterocycles. The minimum absolute atomic E-state index is 0.182. The molecule has 0 spiro atoms. The van der Waals surface area contributed by atoms with E-state index in [1.165, 1.54) is 23.2 Å². The zero-order valence-corrected chi connectivity index (χ0v) is 9.62. The Kier molecular flexibility index (Phi) is 3.09. The molecule has 1 aromatic heterocycles. The summed E-state index contributed by atoms with van der Waals surface area (Å²) in [5, 5.41) is 15.1. The van der Waals surface area contributed by atoms with Crippen LogP contribution in [0.3, 0.4) is 0 Å². The molecule has 1 aromatic carbocycles. The van der Waals surface area contributed by atoms with Gasteiger partial charge in [-0.2, -0.15) is 5.10 Å². The minimum Gasteiger partial charge on any atom is -0.478 e. The Hall–Kier alpha value is -2.63. The third kappa shape index (κ3) is 2.22. The van der Waals surface area contributed by atoms with Gasteiger partial charge in [-0.1, -0.05) is 0 Å². The van der Waals surface area contributed by atoms with E-state index in [4.69, 9.17) is 5.11 Å². The number of carbonyl (C=O) groups excluding carboxylic acids is 1. The molecule has 0 bridgehead atoms. The molecule has 2 aromatic rings. The Morgan fingerprint density at radius 2 is 1.89 bits per heavy atom. The molecule has 2 N–H and O–H groups in total. The molecule has 0 atom stereocenters. The lowest BCUT2D eigenvalue weighted by molar-refractivity contribution is 0.0696. The number of amides is 1. The van der Waals surface area contributed by atoms with Gasteiger partial charge in [0, 0.05) is 18.9 Å². The maximum absolute atomic E-state index is 12.0. The predicted octanol–water partition coefficient (Wildman–Crippen LogP) is 1.38. The highest BCUT2D eigenvalue weighted by Gasteiger charge is 2.14. The van der Waals surface area contributed by atoms with Crippen LogP contribution in [0.15, 0.2) is 36.5 Å². The van der Waals surface area contributed by atoms with Gasteiger partial charge < -0.3 is 10.0 Å². The van der Waals surface area contributed by atoms with Crippen LogP contribution >= 0.6 is 0 Å². The van der Waals surface area contributed by atoms with Gasteiger partial charge in [-0.3, -0.25) is 9.89 Å². The van der Waals surface area contributed by atoms with Crippen LogP contribution in [0.4, 0.5) is 5.69 Å². The van der Waals surface area contributed by atoms with Crippen LogP contribution in [-0.4, -0.2) is 34.2 Å². The number of carboxylic acid groups (broad SMARTS) is 1. The number of carbonyl (C=O) groups is 2. The average molecular weight is 245 g/mol. The molecule has 18 heavy (non-hydrogen) atoms. The van der Waals surface area contributed by atoms with Crippen molar-refractivity contribution >= 4 is 17.6 Å². The van der Waals surface area contributed by atoms with Crippen molar-refractivity contribution in [3.63, 3.8) is 0 Å². The zero-order valence-electron chi connectivity index (χ0n) is 9.62. The van der Waals surface area contributed by atoms with E-state index in [2.05, 4.69) is 10.2 Å². The van der Waals surface area contributed by atoms with Crippen LogP contribution in [0.1, 0.15) is 20.8 Å². The van der Waals surface area contributed by atoms with Gasteiger partial charge >= 0.3 is 5.97 Å². The second-order valence-corrected chi connectivity index (χ2v) is 3.69. The fourth-order valence-corrected chi connectivity index (χ4v) is 1.50. The number of hydrogen-bond acceptors (Lipinski definition) is 3. The van der Waals surface area contributed by atoms with Crippen molar-refractivity contribution in [1.82, 2.24) is 10.2 Å². The van der Waals surface area contributed by atoms with Crippen molar-refractivity contribution in [2.75, 3.05) is 11.9 Å².